The van der Waals surface area contributed by atoms with Crippen LogP contribution in [0, 0.1) is 29.1 Å². The van der Waals surface area contributed by atoms with Crippen LogP contribution in [-0.4, -0.2) is 22.0 Å². The number of hydrogen-bond donors (Lipinski definition) is 2. The number of aromatic amines is 1. The zero-order valence-electron chi connectivity index (χ0n) is 15.7. The summed E-state index contributed by atoms with van der Waals surface area (Å²) in [5, 5.41) is 0. The van der Waals surface area contributed by atoms with E-state index in [0.29, 0.717) is 23.7 Å². The highest BCUT2D eigenvalue weighted by atomic mass is 16.5. The fourth-order valence-electron chi connectivity index (χ4n) is 6.20. The van der Waals surface area contributed by atoms with Gasteiger partial charge in [-0.15, -0.1) is 0 Å². The van der Waals surface area contributed by atoms with Crippen molar-refractivity contribution >= 4 is 5.91 Å². The molecule has 4 bridgehead atoms. The van der Waals surface area contributed by atoms with Crippen LogP contribution in [0.1, 0.15) is 58.1 Å². The number of carbonyl (C=O) groups excluding carboxylic acids is 1. The third-order valence-electron chi connectivity index (χ3n) is 6.54. The lowest BCUT2D eigenvalue weighted by Crippen LogP contribution is -2.57. The summed E-state index contributed by atoms with van der Waals surface area (Å²) in [7, 11) is 0. The van der Waals surface area contributed by atoms with Crippen molar-refractivity contribution in [1.82, 2.24) is 9.97 Å². The zero-order valence-corrected chi connectivity index (χ0v) is 15.7. The van der Waals surface area contributed by atoms with Gasteiger partial charge >= 0.3 is 5.69 Å². The molecule has 0 aromatic carbocycles. The normalized spacial score (nSPS) is 33.4. The van der Waals surface area contributed by atoms with Crippen molar-refractivity contribution in [2.24, 2.45) is 34.8 Å². The zero-order chi connectivity index (χ0) is 18.5. The predicted octanol–water partition coefficient (Wildman–Crippen LogP) is 2.42. The molecule has 3 N–H and O–H groups in total. The highest BCUT2D eigenvalue weighted by Gasteiger charge is 2.56. The van der Waals surface area contributed by atoms with E-state index in [4.69, 9.17) is 10.5 Å². The van der Waals surface area contributed by atoms with Crippen LogP contribution in [0.15, 0.2) is 10.9 Å². The van der Waals surface area contributed by atoms with Crippen molar-refractivity contribution < 1.29 is 9.53 Å². The molecular weight excluding hydrogens is 330 g/mol. The maximum absolute atomic E-state index is 12.4. The Bertz CT molecular complexity index is 720. The third kappa shape index (κ3) is 3.26. The molecule has 6 heteroatoms. The second-order valence-corrected chi connectivity index (χ2v) is 9.33. The van der Waals surface area contributed by atoms with Crippen molar-refractivity contribution in [2.45, 2.75) is 64.9 Å². The molecule has 1 amide bonds. The standard InChI is InChI=1S/C20H29N3O3/c1-11(2)3-15-7-16(23-19(25)22-15)26-17(18(21)24)20-8-12-4-13(9-20)6-14(5-12)10-20/h7,11-14,17H,3-6,8-10H2,1-2H3,(H2,21,24)(H,22,23,25). The minimum Gasteiger partial charge on any atom is -0.463 e. The fraction of sp³-hybridized carbons (Fsp3) is 0.750. The van der Waals surface area contributed by atoms with Crippen molar-refractivity contribution in [1.29, 1.82) is 0 Å². The van der Waals surface area contributed by atoms with Gasteiger partial charge in [-0.1, -0.05) is 13.8 Å². The van der Waals surface area contributed by atoms with Crippen LogP contribution in [0.2, 0.25) is 0 Å². The highest BCUT2D eigenvalue weighted by Crippen LogP contribution is 2.61. The van der Waals surface area contributed by atoms with Gasteiger partial charge in [-0.2, -0.15) is 4.98 Å². The molecule has 1 unspecified atom stereocenters. The summed E-state index contributed by atoms with van der Waals surface area (Å²) in [5.74, 6) is 2.26. The van der Waals surface area contributed by atoms with Gasteiger partial charge in [-0.3, -0.25) is 4.79 Å². The Kier molecular flexibility index (Phi) is 4.32. The first-order chi connectivity index (χ1) is 12.3. The largest absolute Gasteiger partial charge is 0.463 e. The maximum Gasteiger partial charge on any atom is 0.348 e. The summed E-state index contributed by atoms with van der Waals surface area (Å²) >= 11 is 0. The SMILES string of the molecule is CC(C)Cc1cc(OC(C(N)=O)C23CC4CC(CC(C4)C2)C3)nc(=O)[nH]1. The molecule has 1 aromatic heterocycles. The molecule has 1 atom stereocenters. The molecule has 4 aliphatic rings. The predicted molar refractivity (Wildman–Crippen MR) is 97.6 cm³/mol. The van der Waals surface area contributed by atoms with E-state index in [1.807, 2.05) is 0 Å². The van der Waals surface area contributed by atoms with Crippen LogP contribution in [0.4, 0.5) is 0 Å². The second-order valence-electron chi connectivity index (χ2n) is 9.33. The summed E-state index contributed by atoms with van der Waals surface area (Å²) < 4.78 is 6.06. The number of ether oxygens (including phenoxy) is 1. The fourth-order valence-corrected chi connectivity index (χ4v) is 6.20. The average Bonchev–Trinajstić information content (AvgIpc) is 2.49. The maximum atomic E-state index is 12.4. The van der Waals surface area contributed by atoms with Crippen LogP contribution in [-0.2, 0) is 11.2 Å². The number of rotatable bonds is 6. The summed E-state index contributed by atoms with van der Waals surface area (Å²) in [6, 6.07) is 1.75. The second kappa shape index (κ2) is 6.39. The Balaban J connectivity index is 1.61. The molecule has 1 aromatic rings. The topological polar surface area (TPSA) is 98.1 Å². The van der Waals surface area contributed by atoms with Gasteiger partial charge in [0.05, 0.1) is 0 Å². The number of nitrogens with two attached hydrogens (primary N) is 1. The number of H-pyrrole nitrogens is 1. The van der Waals surface area contributed by atoms with Crippen LogP contribution < -0.4 is 16.2 Å². The summed E-state index contributed by atoms with van der Waals surface area (Å²) in [5.41, 5.74) is 5.95. The summed E-state index contributed by atoms with van der Waals surface area (Å²) in [6.45, 7) is 4.17. The van der Waals surface area contributed by atoms with E-state index in [1.165, 1.54) is 19.3 Å². The smallest absolute Gasteiger partial charge is 0.348 e. The monoisotopic (exact) mass is 359 g/mol. The van der Waals surface area contributed by atoms with E-state index in [0.717, 1.165) is 31.4 Å². The molecule has 26 heavy (non-hydrogen) atoms. The lowest BCUT2D eigenvalue weighted by atomic mass is 9.48. The van der Waals surface area contributed by atoms with Crippen molar-refractivity contribution in [2.75, 3.05) is 0 Å². The van der Waals surface area contributed by atoms with Gasteiger partial charge in [0.1, 0.15) is 0 Å². The Morgan fingerprint density at radius 3 is 2.35 bits per heavy atom. The summed E-state index contributed by atoms with van der Waals surface area (Å²) in [6.07, 6.45) is 6.91. The third-order valence-corrected chi connectivity index (χ3v) is 6.54. The first-order valence-corrected chi connectivity index (χ1v) is 9.89. The van der Waals surface area contributed by atoms with Crippen LogP contribution in [0.5, 0.6) is 5.88 Å². The lowest BCUT2D eigenvalue weighted by molar-refractivity contribution is -0.148. The number of primary amides is 1. The van der Waals surface area contributed by atoms with Gasteiger partial charge in [0.2, 0.25) is 5.88 Å². The van der Waals surface area contributed by atoms with E-state index >= 15 is 0 Å². The minimum atomic E-state index is -0.697. The Hall–Kier alpha value is -1.85. The van der Waals surface area contributed by atoms with Crippen molar-refractivity contribution in [3.05, 3.63) is 22.2 Å². The summed E-state index contributed by atoms with van der Waals surface area (Å²) in [4.78, 5) is 31.0. The minimum absolute atomic E-state index is 0.178. The first-order valence-electron chi connectivity index (χ1n) is 9.89. The molecule has 5 rings (SSSR count). The highest BCUT2D eigenvalue weighted by molar-refractivity contribution is 5.80. The van der Waals surface area contributed by atoms with Gasteiger partial charge in [0.25, 0.3) is 5.91 Å². The van der Waals surface area contributed by atoms with Gasteiger partial charge in [-0.25, -0.2) is 4.79 Å². The number of nitrogens with zero attached hydrogens (tertiary/aromatic N) is 1. The van der Waals surface area contributed by atoms with Crippen molar-refractivity contribution in [3.8, 4) is 5.88 Å². The number of amides is 1. The molecule has 142 valence electrons. The van der Waals surface area contributed by atoms with Gasteiger partial charge in [-0.05, 0) is 68.6 Å². The molecule has 0 radical (unpaired) electrons. The molecular formula is C20H29N3O3. The molecule has 4 saturated carbocycles. The molecule has 0 spiro atoms. The number of aromatic nitrogens is 2. The molecule has 4 aliphatic carbocycles. The van der Waals surface area contributed by atoms with Gasteiger partial charge < -0.3 is 15.5 Å². The average molecular weight is 359 g/mol. The van der Waals surface area contributed by atoms with Gasteiger partial charge in [0, 0.05) is 17.2 Å². The van der Waals surface area contributed by atoms with Crippen molar-refractivity contribution in [3.63, 3.8) is 0 Å². The molecule has 6 nitrogen and oxygen atoms in total. The van der Waals surface area contributed by atoms with Crippen LogP contribution in [0.25, 0.3) is 0 Å². The van der Waals surface area contributed by atoms with Crippen LogP contribution >= 0.6 is 0 Å². The van der Waals surface area contributed by atoms with E-state index in [9.17, 15) is 9.59 Å². The molecule has 0 saturated heterocycles. The number of carbonyl (C=O) groups is 1. The van der Waals surface area contributed by atoms with E-state index in [2.05, 4.69) is 23.8 Å². The van der Waals surface area contributed by atoms with Crippen LogP contribution in [0.3, 0.4) is 0 Å². The number of hydrogen-bond acceptors (Lipinski definition) is 4. The Labute approximate surface area is 153 Å². The molecule has 1 heterocycles. The molecule has 4 fully saturated rings. The lowest BCUT2D eigenvalue weighted by Gasteiger charge is -2.58. The Morgan fingerprint density at radius 1 is 1.27 bits per heavy atom. The quantitative estimate of drug-likeness (QED) is 0.815. The van der Waals surface area contributed by atoms with E-state index < -0.39 is 17.7 Å². The Morgan fingerprint density at radius 2 is 1.85 bits per heavy atom. The van der Waals surface area contributed by atoms with Gasteiger partial charge in [0.15, 0.2) is 6.10 Å². The first kappa shape index (κ1) is 17.6. The van der Waals surface area contributed by atoms with E-state index in [-0.39, 0.29) is 11.3 Å². The van der Waals surface area contributed by atoms with E-state index in [1.54, 1.807) is 6.07 Å². The number of nitrogens with one attached hydrogen (secondary N) is 1. The molecule has 0 aliphatic heterocycles.